The number of rotatable bonds is 2. The van der Waals surface area contributed by atoms with E-state index >= 15 is 0 Å². The topological polar surface area (TPSA) is 99.0 Å². The summed E-state index contributed by atoms with van der Waals surface area (Å²) in [5.74, 6) is 0.235. The van der Waals surface area contributed by atoms with Gasteiger partial charge in [0.05, 0.1) is 11.6 Å². The molecule has 0 fully saturated rings. The van der Waals surface area contributed by atoms with Crippen LogP contribution in [0.15, 0.2) is 18.2 Å². The number of nitrogens with two attached hydrogens (primary N) is 2. The Bertz CT molecular complexity index is 825. The van der Waals surface area contributed by atoms with Crippen LogP contribution in [0, 0.1) is 0 Å². The third-order valence-corrected chi connectivity index (χ3v) is 5.48. The van der Waals surface area contributed by atoms with E-state index in [4.69, 9.17) is 11.5 Å². The maximum atomic E-state index is 13.2. The second kappa shape index (κ2) is 6.19. The van der Waals surface area contributed by atoms with E-state index in [1.54, 1.807) is 0 Å². The summed E-state index contributed by atoms with van der Waals surface area (Å²) in [6.45, 7) is 2.90. The number of anilines is 2. The molecule has 0 saturated heterocycles. The van der Waals surface area contributed by atoms with E-state index in [9.17, 15) is 4.79 Å². The summed E-state index contributed by atoms with van der Waals surface area (Å²) in [6, 6.07) is 6.43. The van der Waals surface area contributed by atoms with Crippen LogP contribution < -0.4 is 16.8 Å². The van der Waals surface area contributed by atoms with Crippen molar-refractivity contribution in [1.29, 1.82) is 0 Å². The average molecular weight is 339 g/mol. The van der Waals surface area contributed by atoms with E-state index in [2.05, 4.69) is 35.5 Å². The highest BCUT2D eigenvalue weighted by molar-refractivity contribution is 5.90. The van der Waals surface area contributed by atoms with Gasteiger partial charge in [0.15, 0.2) is 0 Å². The van der Waals surface area contributed by atoms with Crippen molar-refractivity contribution in [1.82, 2.24) is 9.78 Å². The number of benzene rings is 1. The van der Waals surface area contributed by atoms with Gasteiger partial charge in [-0.3, -0.25) is 4.79 Å². The highest BCUT2D eigenvalue weighted by Gasteiger charge is 2.32. The maximum Gasteiger partial charge on any atom is 0.256 e. The number of nitrogens with zero attached hydrogens (tertiary/aromatic N) is 2. The van der Waals surface area contributed by atoms with Gasteiger partial charge in [0.25, 0.3) is 5.91 Å². The lowest BCUT2D eigenvalue weighted by atomic mass is 9.88. The molecule has 6 nitrogen and oxygen atoms in total. The monoisotopic (exact) mass is 339 g/mol. The van der Waals surface area contributed by atoms with Crippen molar-refractivity contribution >= 4 is 17.4 Å². The van der Waals surface area contributed by atoms with Gasteiger partial charge < -0.3 is 16.8 Å². The number of hydrogen-bond donors (Lipinski definition) is 3. The molecule has 0 spiro atoms. The van der Waals surface area contributed by atoms with Gasteiger partial charge in [-0.1, -0.05) is 19.1 Å². The van der Waals surface area contributed by atoms with Gasteiger partial charge in [-0.25, -0.2) is 0 Å². The van der Waals surface area contributed by atoms with Crippen LogP contribution >= 0.6 is 0 Å². The minimum Gasteiger partial charge on any atom is -0.385 e. The van der Waals surface area contributed by atoms with Gasteiger partial charge in [0, 0.05) is 23.8 Å². The molecule has 1 aromatic carbocycles. The lowest BCUT2D eigenvalue weighted by Crippen LogP contribution is -2.28. The Kier molecular flexibility index (Phi) is 4.00. The van der Waals surface area contributed by atoms with Crippen LogP contribution in [-0.4, -0.2) is 28.3 Å². The fourth-order valence-electron chi connectivity index (χ4n) is 3.98. The average Bonchev–Trinajstić information content (AvgIpc) is 2.96. The van der Waals surface area contributed by atoms with Crippen LogP contribution in [0.3, 0.4) is 0 Å². The first-order valence-corrected chi connectivity index (χ1v) is 9.11. The summed E-state index contributed by atoms with van der Waals surface area (Å²) < 4.78 is 1.43. The molecule has 2 unspecified atom stereocenters. The predicted octanol–water partition coefficient (Wildman–Crippen LogP) is 2.08. The standard InChI is InChI=1S/C19H25N5O/c1-2-11-3-5-16-14(9-11)13(7-8-22-16)19(25)24-18(21)15-10-12(20)4-6-17(15)23-24/h3,5,9,12-13,22H,2,4,6-8,10,20-21H2,1H3. The second-order valence-corrected chi connectivity index (χ2v) is 7.11. The Hall–Kier alpha value is -2.34. The number of nitrogen functional groups attached to an aromatic ring is 1. The van der Waals surface area contributed by atoms with E-state index < -0.39 is 0 Å². The lowest BCUT2D eigenvalue weighted by Gasteiger charge is -2.26. The summed E-state index contributed by atoms with van der Waals surface area (Å²) in [7, 11) is 0. The zero-order valence-electron chi connectivity index (χ0n) is 14.6. The summed E-state index contributed by atoms with van der Waals surface area (Å²) in [4.78, 5) is 13.2. The highest BCUT2D eigenvalue weighted by Crippen LogP contribution is 2.35. The number of aryl methyl sites for hydroxylation is 2. The van der Waals surface area contributed by atoms with Gasteiger partial charge in [0.2, 0.25) is 0 Å². The van der Waals surface area contributed by atoms with Crippen molar-refractivity contribution < 1.29 is 4.79 Å². The first-order chi connectivity index (χ1) is 12.1. The SMILES string of the molecule is CCc1ccc2c(c1)C(C(=O)n1nc3c(c1N)CC(N)CC3)CCN2. The molecule has 4 rings (SSSR count). The number of carbonyl (C=O) groups excluding carboxylic acids is 1. The summed E-state index contributed by atoms with van der Waals surface area (Å²) in [5, 5.41) is 7.93. The maximum absolute atomic E-state index is 13.2. The van der Waals surface area contributed by atoms with Crippen LogP contribution in [0.5, 0.6) is 0 Å². The molecular formula is C19H25N5O. The smallest absolute Gasteiger partial charge is 0.256 e. The molecule has 1 aromatic heterocycles. The Labute approximate surface area is 147 Å². The fourth-order valence-corrected chi connectivity index (χ4v) is 3.98. The zero-order chi connectivity index (χ0) is 17.6. The molecule has 2 aliphatic rings. The fraction of sp³-hybridized carbons (Fsp3) is 0.474. The second-order valence-electron chi connectivity index (χ2n) is 7.11. The third kappa shape index (κ3) is 2.70. The van der Waals surface area contributed by atoms with E-state index in [0.29, 0.717) is 12.2 Å². The molecule has 132 valence electrons. The number of hydrogen-bond acceptors (Lipinski definition) is 5. The number of aromatic nitrogens is 2. The van der Waals surface area contributed by atoms with E-state index in [1.807, 2.05) is 0 Å². The van der Waals surface area contributed by atoms with Gasteiger partial charge in [0.1, 0.15) is 5.82 Å². The largest absolute Gasteiger partial charge is 0.385 e. The molecule has 0 radical (unpaired) electrons. The van der Waals surface area contributed by atoms with Crippen molar-refractivity contribution in [3.05, 3.63) is 40.6 Å². The number of fused-ring (bicyclic) bond motifs is 2. The molecule has 2 aromatic rings. The zero-order valence-corrected chi connectivity index (χ0v) is 14.6. The quantitative estimate of drug-likeness (QED) is 0.778. The van der Waals surface area contributed by atoms with Crippen LogP contribution in [0.2, 0.25) is 0 Å². The molecule has 6 heteroatoms. The predicted molar refractivity (Wildman–Crippen MR) is 98.9 cm³/mol. The molecule has 0 saturated carbocycles. The summed E-state index contributed by atoms with van der Waals surface area (Å²) in [6.07, 6.45) is 4.10. The van der Waals surface area contributed by atoms with E-state index in [1.165, 1.54) is 10.2 Å². The van der Waals surface area contributed by atoms with Crippen LogP contribution in [0.4, 0.5) is 11.5 Å². The normalized spacial score (nSPS) is 22.0. The van der Waals surface area contributed by atoms with Crippen LogP contribution in [0.1, 0.15) is 52.9 Å². The van der Waals surface area contributed by atoms with Crippen molar-refractivity contribution in [3.63, 3.8) is 0 Å². The number of nitrogens with one attached hydrogen (secondary N) is 1. The Morgan fingerprint density at radius 1 is 1.40 bits per heavy atom. The summed E-state index contributed by atoms with van der Waals surface area (Å²) in [5.41, 5.74) is 17.6. The van der Waals surface area contributed by atoms with Crippen molar-refractivity contribution in [2.24, 2.45) is 5.73 Å². The first kappa shape index (κ1) is 16.1. The van der Waals surface area contributed by atoms with Crippen molar-refractivity contribution in [2.75, 3.05) is 17.6 Å². The van der Waals surface area contributed by atoms with Gasteiger partial charge in [-0.2, -0.15) is 9.78 Å². The highest BCUT2D eigenvalue weighted by atomic mass is 16.2. The molecular weight excluding hydrogens is 314 g/mol. The Morgan fingerprint density at radius 2 is 2.24 bits per heavy atom. The molecule has 2 atom stereocenters. The van der Waals surface area contributed by atoms with Gasteiger partial charge in [-0.15, -0.1) is 0 Å². The molecule has 1 aliphatic carbocycles. The van der Waals surface area contributed by atoms with Crippen LogP contribution in [0.25, 0.3) is 0 Å². The Balaban J connectivity index is 1.71. The molecule has 0 bridgehead atoms. The molecule has 25 heavy (non-hydrogen) atoms. The first-order valence-electron chi connectivity index (χ1n) is 9.11. The molecule has 1 aliphatic heterocycles. The lowest BCUT2D eigenvalue weighted by molar-refractivity contribution is 0.0859. The molecule has 0 amide bonds. The number of carbonyl (C=O) groups is 1. The third-order valence-electron chi connectivity index (χ3n) is 5.48. The minimum atomic E-state index is -0.208. The van der Waals surface area contributed by atoms with E-state index in [0.717, 1.165) is 54.7 Å². The minimum absolute atomic E-state index is 0.0310. The summed E-state index contributed by atoms with van der Waals surface area (Å²) >= 11 is 0. The van der Waals surface area contributed by atoms with Crippen molar-refractivity contribution in [2.45, 2.75) is 51.0 Å². The van der Waals surface area contributed by atoms with E-state index in [-0.39, 0.29) is 17.9 Å². The molecule has 5 N–H and O–H groups in total. The van der Waals surface area contributed by atoms with Crippen molar-refractivity contribution in [3.8, 4) is 0 Å². The molecule has 2 heterocycles. The van der Waals surface area contributed by atoms with Crippen LogP contribution in [-0.2, 0) is 19.3 Å². The Morgan fingerprint density at radius 3 is 3.04 bits per heavy atom. The van der Waals surface area contributed by atoms with Gasteiger partial charge in [-0.05, 0) is 49.3 Å². The van der Waals surface area contributed by atoms with Gasteiger partial charge >= 0.3 is 0 Å².